The highest BCUT2D eigenvalue weighted by Gasteiger charge is 2.36. The normalized spacial score (nSPS) is 19.7. The fourth-order valence-corrected chi connectivity index (χ4v) is 6.70. The number of piperidine rings is 1. The van der Waals surface area contributed by atoms with E-state index < -0.39 is 10.0 Å². The standard InChI is InChI=1S/C22H29N3O4S2/c1-17-21(20(29-23-17)9-8-19-7-6-16-30-19)31(27,28)25-14-10-18(11-15-25)22(26)24-12-4-2-3-5-13-24/h6-9,16,18H,2-5,10-15H2,1H3. The molecule has 4 heterocycles. The summed E-state index contributed by atoms with van der Waals surface area (Å²) in [6, 6.07) is 3.88. The molecule has 0 unspecified atom stereocenters. The first-order chi connectivity index (χ1) is 15.0. The smallest absolute Gasteiger partial charge is 0.248 e. The van der Waals surface area contributed by atoms with Crippen molar-refractivity contribution < 1.29 is 17.7 Å². The van der Waals surface area contributed by atoms with Gasteiger partial charge in [-0.2, -0.15) is 4.31 Å². The maximum absolute atomic E-state index is 13.4. The topological polar surface area (TPSA) is 83.7 Å². The minimum Gasteiger partial charge on any atom is -0.355 e. The first-order valence-corrected chi connectivity index (χ1v) is 13.3. The number of nitrogens with zero attached hydrogens (tertiary/aromatic N) is 3. The van der Waals surface area contributed by atoms with Crippen molar-refractivity contribution in [3.8, 4) is 0 Å². The van der Waals surface area contributed by atoms with Gasteiger partial charge in [0.1, 0.15) is 5.69 Å². The predicted molar refractivity (Wildman–Crippen MR) is 121 cm³/mol. The second-order valence-electron chi connectivity index (χ2n) is 8.23. The van der Waals surface area contributed by atoms with E-state index in [1.807, 2.05) is 28.5 Å². The van der Waals surface area contributed by atoms with Crippen LogP contribution in [0.3, 0.4) is 0 Å². The molecule has 2 aromatic rings. The van der Waals surface area contributed by atoms with Gasteiger partial charge in [-0.15, -0.1) is 11.3 Å². The molecule has 2 fully saturated rings. The SMILES string of the molecule is Cc1noc(C=Cc2cccs2)c1S(=O)(=O)N1CCC(C(=O)N2CCCCCC2)CC1. The third-order valence-electron chi connectivity index (χ3n) is 6.09. The van der Waals surface area contributed by atoms with Crippen molar-refractivity contribution in [1.82, 2.24) is 14.4 Å². The molecule has 0 spiro atoms. The first-order valence-electron chi connectivity index (χ1n) is 10.9. The van der Waals surface area contributed by atoms with Gasteiger partial charge in [-0.3, -0.25) is 4.79 Å². The quantitative estimate of drug-likeness (QED) is 0.669. The summed E-state index contributed by atoms with van der Waals surface area (Å²) in [5.74, 6) is 0.347. The van der Waals surface area contributed by atoms with E-state index in [2.05, 4.69) is 5.16 Å². The largest absolute Gasteiger partial charge is 0.355 e. The Labute approximate surface area is 187 Å². The third-order valence-corrected chi connectivity index (χ3v) is 8.99. The van der Waals surface area contributed by atoms with Gasteiger partial charge in [-0.05, 0) is 56.2 Å². The number of carbonyl (C=O) groups excluding carboxylic acids is 1. The molecular formula is C22H29N3O4S2. The molecular weight excluding hydrogens is 434 g/mol. The number of amides is 1. The Morgan fingerprint density at radius 3 is 2.48 bits per heavy atom. The van der Waals surface area contributed by atoms with Gasteiger partial charge in [0.25, 0.3) is 0 Å². The molecule has 0 radical (unpaired) electrons. The summed E-state index contributed by atoms with van der Waals surface area (Å²) >= 11 is 1.56. The van der Waals surface area contributed by atoms with Crippen LogP contribution in [0.1, 0.15) is 54.9 Å². The maximum atomic E-state index is 13.4. The van der Waals surface area contributed by atoms with E-state index in [4.69, 9.17) is 4.52 Å². The fraction of sp³-hybridized carbons (Fsp3) is 0.545. The lowest BCUT2D eigenvalue weighted by atomic mass is 9.96. The van der Waals surface area contributed by atoms with Crippen LogP contribution in [0.15, 0.2) is 26.9 Å². The number of likely N-dealkylation sites (tertiary alicyclic amines) is 1. The van der Waals surface area contributed by atoms with Crippen LogP contribution in [0, 0.1) is 12.8 Å². The number of sulfonamides is 1. The lowest BCUT2D eigenvalue weighted by molar-refractivity contribution is -0.136. The monoisotopic (exact) mass is 463 g/mol. The Hall–Kier alpha value is -1.97. The molecule has 0 bridgehead atoms. The van der Waals surface area contributed by atoms with Gasteiger partial charge in [-0.1, -0.05) is 24.1 Å². The van der Waals surface area contributed by atoms with Gasteiger partial charge in [0.2, 0.25) is 15.9 Å². The number of rotatable bonds is 5. The lowest BCUT2D eigenvalue weighted by Crippen LogP contribution is -2.44. The van der Waals surface area contributed by atoms with Crippen LogP contribution >= 0.6 is 11.3 Å². The molecule has 2 aliphatic rings. The average Bonchev–Trinajstić information content (AvgIpc) is 3.33. The molecule has 2 aliphatic heterocycles. The summed E-state index contributed by atoms with van der Waals surface area (Å²) in [5, 5.41) is 5.86. The minimum absolute atomic E-state index is 0.0914. The van der Waals surface area contributed by atoms with Gasteiger partial charge in [0.05, 0.1) is 0 Å². The highest BCUT2D eigenvalue weighted by atomic mass is 32.2. The van der Waals surface area contributed by atoms with Gasteiger partial charge in [0, 0.05) is 37.0 Å². The Bertz CT molecular complexity index is 1010. The Morgan fingerprint density at radius 2 is 1.84 bits per heavy atom. The second-order valence-corrected chi connectivity index (χ2v) is 11.1. The van der Waals surface area contributed by atoms with E-state index >= 15 is 0 Å². The van der Waals surface area contributed by atoms with Crippen molar-refractivity contribution in [3.63, 3.8) is 0 Å². The van der Waals surface area contributed by atoms with Crippen molar-refractivity contribution >= 4 is 39.4 Å². The molecule has 168 valence electrons. The van der Waals surface area contributed by atoms with Gasteiger partial charge in [-0.25, -0.2) is 8.42 Å². The number of aromatic nitrogens is 1. The van der Waals surface area contributed by atoms with E-state index in [0.717, 1.165) is 30.8 Å². The van der Waals surface area contributed by atoms with Crippen LogP contribution in [0.4, 0.5) is 0 Å². The van der Waals surface area contributed by atoms with Crippen LogP contribution in [0.2, 0.25) is 0 Å². The number of aryl methyl sites for hydroxylation is 1. The highest BCUT2D eigenvalue weighted by Crippen LogP contribution is 2.30. The number of carbonyl (C=O) groups is 1. The zero-order chi connectivity index (χ0) is 21.8. The van der Waals surface area contributed by atoms with Crippen molar-refractivity contribution in [2.24, 2.45) is 5.92 Å². The van der Waals surface area contributed by atoms with E-state index in [1.165, 1.54) is 17.1 Å². The van der Waals surface area contributed by atoms with E-state index in [0.29, 0.717) is 31.6 Å². The summed E-state index contributed by atoms with van der Waals surface area (Å²) in [4.78, 5) is 16.0. The Kier molecular flexibility index (Phi) is 6.93. The van der Waals surface area contributed by atoms with Crippen molar-refractivity contribution in [3.05, 3.63) is 33.8 Å². The number of thiophene rings is 1. The average molecular weight is 464 g/mol. The first kappa shape index (κ1) is 22.2. The van der Waals surface area contributed by atoms with Gasteiger partial charge < -0.3 is 9.42 Å². The van der Waals surface area contributed by atoms with Crippen LogP contribution in [-0.4, -0.2) is 54.9 Å². The fourth-order valence-electron chi connectivity index (χ4n) is 4.36. The molecule has 0 aliphatic carbocycles. The Morgan fingerprint density at radius 1 is 1.13 bits per heavy atom. The van der Waals surface area contributed by atoms with Crippen molar-refractivity contribution in [2.45, 2.75) is 50.3 Å². The molecule has 31 heavy (non-hydrogen) atoms. The molecule has 7 nitrogen and oxygen atoms in total. The van der Waals surface area contributed by atoms with Gasteiger partial charge >= 0.3 is 0 Å². The third kappa shape index (κ3) is 4.94. The maximum Gasteiger partial charge on any atom is 0.248 e. The summed E-state index contributed by atoms with van der Waals surface area (Å²) in [5.41, 5.74) is 0.355. The number of hydrogen-bond donors (Lipinski definition) is 0. The van der Waals surface area contributed by atoms with Crippen LogP contribution in [0.25, 0.3) is 12.2 Å². The molecule has 0 aromatic carbocycles. The zero-order valence-corrected chi connectivity index (χ0v) is 19.5. The van der Waals surface area contributed by atoms with Crippen molar-refractivity contribution in [1.29, 1.82) is 0 Å². The van der Waals surface area contributed by atoms with Crippen molar-refractivity contribution in [2.75, 3.05) is 26.2 Å². The Balaban J connectivity index is 1.45. The van der Waals surface area contributed by atoms with Crippen LogP contribution in [-0.2, 0) is 14.8 Å². The van der Waals surface area contributed by atoms with E-state index in [1.54, 1.807) is 24.3 Å². The predicted octanol–water partition coefficient (Wildman–Crippen LogP) is 4.02. The summed E-state index contributed by atoms with van der Waals surface area (Å²) in [7, 11) is -3.75. The molecule has 9 heteroatoms. The molecule has 2 saturated heterocycles. The molecule has 4 rings (SSSR count). The summed E-state index contributed by atoms with van der Waals surface area (Å²) < 4.78 is 33.5. The molecule has 2 aromatic heterocycles. The van der Waals surface area contributed by atoms with E-state index in [9.17, 15) is 13.2 Å². The van der Waals surface area contributed by atoms with Crippen LogP contribution in [0.5, 0.6) is 0 Å². The molecule has 0 atom stereocenters. The summed E-state index contributed by atoms with van der Waals surface area (Å²) in [6.45, 7) is 3.99. The van der Waals surface area contributed by atoms with Crippen LogP contribution < -0.4 is 0 Å². The van der Waals surface area contributed by atoms with E-state index in [-0.39, 0.29) is 22.5 Å². The number of hydrogen-bond acceptors (Lipinski definition) is 6. The molecule has 0 saturated carbocycles. The highest BCUT2D eigenvalue weighted by molar-refractivity contribution is 7.89. The second kappa shape index (κ2) is 9.67. The zero-order valence-electron chi connectivity index (χ0n) is 17.8. The molecule has 0 N–H and O–H groups in total. The lowest BCUT2D eigenvalue weighted by Gasteiger charge is -2.33. The van der Waals surface area contributed by atoms with Gasteiger partial charge in [0.15, 0.2) is 10.7 Å². The minimum atomic E-state index is -3.75. The molecule has 1 amide bonds. The summed E-state index contributed by atoms with van der Waals surface area (Å²) in [6.07, 6.45) is 9.09.